The van der Waals surface area contributed by atoms with Crippen LogP contribution in [-0.4, -0.2) is 25.1 Å². The van der Waals surface area contributed by atoms with E-state index in [2.05, 4.69) is 35.1 Å². The number of nitrogens with one attached hydrogen (secondary N) is 2. The molecule has 1 aromatic rings. The van der Waals surface area contributed by atoms with Gasteiger partial charge < -0.3 is 15.8 Å². The molecular formula is C14H20BrN3O3. The molecule has 1 aromatic carbocycles. The average molecular weight is 358 g/mol. The first-order valence-electron chi connectivity index (χ1n) is 6.59. The Bertz CT molecular complexity index is 506. The van der Waals surface area contributed by atoms with Crippen LogP contribution in [0.3, 0.4) is 0 Å². The topological polar surface area (TPSA) is 93.4 Å². The largest absolute Gasteiger partial charge is 0.483 e. The third-order valence-electron chi connectivity index (χ3n) is 2.51. The lowest BCUT2D eigenvalue weighted by molar-refractivity contribution is -0.121. The summed E-state index contributed by atoms with van der Waals surface area (Å²) in [4.78, 5) is 21.9. The molecule has 0 aliphatic heterocycles. The van der Waals surface area contributed by atoms with Crippen LogP contribution in [0.15, 0.2) is 22.7 Å². The Kier molecular flexibility index (Phi) is 7.18. The number of hydrogen-bond donors (Lipinski definition) is 3. The summed E-state index contributed by atoms with van der Waals surface area (Å²) < 4.78 is 6.36. The van der Waals surface area contributed by atoms with Crippen LogP contribution < -0.4 is 21.1 Å². The molecule has 0 aliphatic carbocycles. The predicted molar refractivity (Wildman–Crippen MR) is 83.9 cm³/mol. The molecule has 0 bridgehead atoms. The third-order valence-corrected chi connectivity index (χ3v) is 3.01. The van der Waals surface area contributed by atoms with E-state index >= 15 is 0 Å². The SMILES string of the molecule is CC(C)CNCc1cc(Br)ccc1OCC(=O)NC(N)=O. The minimum absolute atomic E-state index is 0.262. The molecule has 0 unspecified atom stereocenters. The summed E-state index contributed by atoms with van der Waals surface area (Å²) in [5.41, 5.74) is 5.79. The highest BCUT2D eigenvalue weighted by Gasteiger charge is 2.09. The standard InChI is InChI=1S/C14H20BrN3O3/c1-9(2)6-17-7-10-5-11(15)3-4-12(10)21-8-13(19)18-14(16)20/h3-5,9,17H,6-8H2,1-2H3,(H3,16,18,19,20). The van der Waals surface area contributed by atoms with Crippen molar-refractivity contribution in [3.05, 3.63) is 28.2 Å². The Morgan fingerprint density at radius 3 is 2.71 bits per heavy atom. The molecule has 0 saturated carbocycles. The molecule has 0 aromatic heterocycles. The van der Waals surface area contributed by atoms with E-state index in [1.165, 1.54) is 0 Å². The molecule has 6 nitrogen and oxygen atoms in total. The maximum Gasteiger partial charge on any atom is 0.318 e. The van der Waals surface area contributed by atoms with Crippen molar-refractivity contribution in [2.75, 3.05) is 13.2 Å². The zero-order chi connectivity index (χ0) is 15.8. The van der Waals surface area contributed by atoms with Gasteiger partial charge in [0.15, 0.2) is 6.61 Å². The van der Waals surface area contributed by atoms with E-state index in [-0.39, 0.29) is 6.61 Å². The maximum absolute atomic E-state index is 11.3. The predicted octanol–water partition coefficient (Wildman–Crippen LogP) is 1.77. The summed E-state index contributed by atoms with van der Waals surface area (Å²) in [6, 6.07) is 4.63. The fourth-order valence-corrected chi connectivity index (χ4v) is 2.05. The number of primary amides is 1. The van der Waals surface area contributed by atoms with Crippen molar-refractivity contribution in [3.63, 3.8) is 0 Å². The highest BCUT2D eigenvalue weighted by molar-refractivity contribution is 9.10. The van der Waals surface area contributed by atoms with E-state index < -0.39 is 11.9 Å². The molecule has 0 spiro atoms. The Morgan fingerprint density at radius 1 is 1.38 bits per heavy atom. The third kappa shape index (κ3) is 7.10. The van der Waals surface area contributed by atoms with Gasteiger partial charge in [0.2, 0.25) is 0 Å². The van der Waals surface area contributed by atoms with E-state index in [0.29, 0.717) is 18.2 Å². The molecule has 7 heteroatoms. The van der Waals surface area contributed by atoms with E-state index in [1.807, 2.05) is 17.4 Å². The average Bonchev–Trinajstić information content (AvgIpc) is 2.36. The molecule has 0 fully saturated rings. The molecule has 0 heterocycles. The van der Waals surface area contributed by atoms with Gasteiger partial charge in [-0.15, -0.1) is 0 Å². The quantitative estimate of drug-likeness (QED) is 0.693. The number of carbonyl (C=O) groups is 2. The number of hydrogen-bond acceptors (Lipinski definition) is 4. The number of nitrogens with two attached hydrogens (primary N) is 1. The van der Waals surface area contributed by atoms with E-state index in [4.69, 9.17) is 10.5 Å². The van der Waals surface area contributed by atoms with Gasteiger partial charge in [0, 0.05) is 16.6 Å². The van der Waals surface area contributed by atoms with Gasteiger partial charge in [0.1, 0.15) is 5.75 Å². The van der Waals surface area contributed by atoms with Crippen LogP contribution in [0.25, 0.3) is 0 Å². The summed E-state index contributed by atoms with van der Waals surface area (Å²) >= 11 is 3.41. The Balaban J connectivity index is 2.63. The summed E-state index contributed by atoms with van der Waals surface area (Å²) in [5.74, 6) is 0.559. The fourth-order valence-electron chi connectivity index (χ4n) is 1.64. The van der Waals surface area contributed by atoms with Crippen LogP contribution in [0.1, 0.15) is 19.4 Å². The Morgan fingerprint density at radius 2 is 2.10 bits per heavy atom. The minimum atomic E-state index is -0.891. The highest BCUT2D eigenvalue weighted by atomic mass is 79.9. The molecule has 3 amide bonds. The molecule has 0 saturated heterocycles. The number of benzene rings is 1. The number of carbonyl (C=O) groups excluding carboxylic acids is 2. The molecule has 0 aliphatic rings. The van der Waals surface area contributed by atoms with Crippen molar-refractivity contribution in [1.82, 2.24) is 10.6 Å². The summed E-state index contributed by atoms with van der Waals surface area (Å²) in [6.07, 6.45) is 0. The molecule has 0 radical (unpaired) electrons. The van der Waals surface area contributed by atoms with Gasteiger partial charge in [0.25, 0.3) is 5.91 Å². The van der Waals surface area contributed by atoms with E-state index in [9.17, 15) is 9.59 Å². The Hall–Kier alpha value is -1.60. The van der Waals surface area contributed by atoms with Gasteiger partial charge in [0.05, 0.1) is 0 Å². The maximum atomic E-state index is 11.3. The summed E-state index contributed by atoms with van der Waals surface area (Å²) in [6.45, 7) is 5.50. The van der Waals surface area contributed by atoms with Crippen LogP contribution in [0.5, 0.6) is 5.75 Å². The number of rotatable bonds is 7. The first-order valence-corrected chi connectivity index (χ1v) is 7.39. The first-order chi connectivity index (χ1) is 9.88. The lowest BCUT2D eigenvalue weighted by atomic mass is 10.2. The molecular weight excluding hydrogens is 338 g/mol. The zero-order valence-corrected chi connectivity index (χ0v) is 13.7. The van der Waals surface area contributed by atoms with Gasteiger partial charge in [-0.05, 0) is 30.7 Å². The van der Waals surface area contributed by atoms with Crippen LogP contribution >= 0.6 is 15.9 Å². The van der Waals surface area contributed by atoms with Crippen LogP contribution in [0, 0.1) is 5.92 Å². The monoisotopic (exact) mass is 357 g/mol. The molecule has 116 valence electrons. The second-order valence-corrected chi connectivity index (χ2v) is 5.89. The van der Waals surface area contributed by atoms with E-state index in [1.54, 1.807) is 6.07 Å². The second kappa shape index (κ2) is 8.63. The van der Waals surface area contributed by atoms with Crippen LogP contribution in [0.2, 0.25) is 0 Å². The van der Waals surface area contributed by atoms with Crippen LogP contribution in [0.4, 0.5) is 4.79 Å². The lowest BCUT2D eigenvalue weighted by Crippen LogP contribution is -2.38. The van der Waals surface area contributed by atoms with Crippen molar-refractivity contribution in [2.24, 2.45) is 11.7 Å². The van der Waals surface area contributed by atoms with Crippen molar-refractivity contribution < 1.29 is 14.3 Å². The summed E-state index contributed by atoms with van der Waals surface area (Å²) in [7, 11) is 0. The number of imide groups is 1. The number of halogens is 1. The summed E-state index contributed by atoms with van der Waals surface area (Å²) in [5, 5.41) is 5.27. The molecule has 1 rings (SSSR count). The van der Waals surface area contributed by atoms with Crippen LogP contribution in [-0.2, 0) is 11.3 Å². The van der Waals surface area contributed by atoms with Crippen molar-refractivity contribution >= 4 is 27.9 Å². The van der Waals surface area contributed by atoms with Gasteiger partial charge in [-0.1, -0.05) is 29.8 Å². The lowest BCUT2D eigenvalue weighted by Gasteiger charge is -2.13. The molecule has 4 N–H and O–H groups in total. The number of amides is 3. The number of urea groups is 1. The van der Waals surface area contributed by atoms with Crippen molar-refractivity contribution in [3.8, 4) is 5.75 Å². The molecule has 21 heavy (non-hydrogen) atoms. The second-order valence-electron chi connectivity index (χ2n) is 4.98. The molecule has 0 atom stereocenters. The highest BCUT2D eigenvalue weighted by Crippen LogP contribution is 2.23. The van der Waals surface area contributed by atoms with Gasteiger partial charge >= 0.3 is 6.03 Å². The van der Waals surface area contributed by atoms with Crippen molar-refractivity contribution in [2.45, 2.75) is 20.4 Å². The smallest absolute Gasteiger partial charge is 0.318 e. The Labute approximate surface area is 132 Å². The normalized spacial score (nSPS) is 10.5. The first kappa shape index (κ1) is 17.5. The number of ether oxygens (including phenoxy) is 1. The van der Waals surface area contributed by atoms with Gasteiger partial charge in [-0.3, -0.25) is 10.1 Å². The van der Waals surface area contributed by atoms with Crippen molar-refractivity contribution in [1.29, 1.82) is 0 Å². The zero-order valence-electron chi connectivity index (χ0n) is 12.1. The fraction of sp³-hybridized carbons (Fsp3) is 0.429. The van der Waals surface area contributed by atoms with Gasteiger partial charge in [-0.25, -0.2) is 4.79 Å². The minimum Gasteiger partial charge on any atom is -0.483 e. The van der Waals surface area contributed by atoms with E-state index in [0.717, 1.165) is 16.6 Å². The van der Waals surface area contributed by atoms with Gasteiger partial charge in [-0.2, -0.15) is 0 Å².